The summed E-state index contributed by atoms with van der Waals surface area (Å²) in [6, 6.07) is 8.81. The van der Waals surface area contributed by atoms with Crippen molar-refractivity contribution in [2.24, 2.45) is 0 Å². The summed E-state index contributed by atoms with van der Waals surface area (Å²) >= 11 is 0. The summed E-state index contributed by atoms with van der Waals surface area (Å²) in [7, 11) is 0. The average Bonchev–Trinajstić information content (AvgIpc) is 2.34. The lowest BCUT2D eigenvalue weighted by Gasteiger charge is -2.13. The Labute approximate surface area is 100 Å². The van der Waals surface area contributed by atoms with E-state index in [0.29, 0.717) is 18.5 Å². The Hall–Kier alpha value is -1.93. The third kappa shape index (κ3) is 3.85. The molecule has 5 nitrogen and oxygen atoms in total. The van der Waals surface area contributed by atoms with Crippen molar-refractivity contribution in [3.05, 3.63) is 39.9 Å². The van der Waals surface area contributed by atoms with E-state index in [-0.39, 0.29) is 16.7 Å². The van der Waals surface area contributed by atoms with Crippen LogP contribution in [0.4, 0.5) is 5.69 Å². The molecule has 17 heavy (non-hydrogen) atoms. The highest BCUT2D eigenvalue weighted by Gasteiger charge is 2.13. The number of nitro groups is 1. The van der Waals surface area contributed by atoms with Gasteiger partial charge in [-0.05, 0) is 6.42 Å². The van der Waals surface area contributed by atoms with Gasteiger partial charge in [0, 0.05) is 24.2 Å². The minimum Gasteiger partial charge on any atom is -0.309 e. The van der Waals surface area contributed by atoms with Gasteiger partial charge >= 0.3 is 0 Å². The average molecular weight is 233 g/mol. The molecule has 5 heteroatoms. The number of benzene rings is 1. The molecular weight excluding hydrogens is 218 g/mol. The zero-order valence-electron chi connectivity index (χ0n) is 9.72. The fraction of sp³-hybridized carbons (Fsp3) is 0.417. The summed E-state index contributed by atoms with van der Waals surface area (Å²) in [6.45, 7) is 2.39. The number of hydrogen-bond acceptors (Lipinski definition) is 4. The van der Waals surface area contributed by atoms with Crippen LogP contribution < -0.4 is 5.32 Å². The van der Waals surface area contributed by atoms with Crippen LogP contribution in [0.15, 0.2) is 24.3 Å². The second-order valence-electron chi connectivity index (χ2n) is 3.73. The number of rotatable bonds is 6. The molecule has 0 aliphatic rings. The van der Waals surface area contributed by atoms with Crippen molar-refractivity contribution in [2.75, 3.05) is 0 Å². The molecule has 0 saturated heterocycles. The molecule has 0 amide bonds. The van der Waals surface area contributed by atoms with E-state index >= 15 is 0 Å². The zero-order chi connectivity index (χ0) is 12.7. The van der Waals surface area contributed by atoms with Gasteiger partial charge in [-0.1, -0.05) is 25.1 Å². The molecule has 1 atom stereocenters. The van der Waals surface area contributed by atoms with Crippen LogP contribution in [0, 0.1) is 21.4 Å². The maximum Gasteiger partial charge on any atom is 0.273 e. The first kappa shape index (κ1) is 13.1. The minimum absolute atomic E-state index is 0.0832. The van der Waals surface area contributed by atoms with Crippen LogP contribution in [0.2, 0.25) is 0 Å². The third-order valence-corrected chi connectivity index (χ3v) is 2.60. The van der Waals surface area contributed by atoms with E-state index in [1.165, 1.54) is 6.07 Å². The first-order valence-corrected chi connectivity index (χ1v) is 5.51. The standard InChI is InChI=1S/C12H15N3O2/c1-2-11(7-8-13)14-9-10-5-3-4-6-12(10)15(16)17/h3-6,11,14H,2,7,9H2,1H3. The van der Waals surface area contributed by atoms with Crippen LogP contribution in [0.1, 0.15) is 25.3 Å². The van der Waals surface area contributed by atoms with Gasteiger partial charge in [-0.3, -0.25) is 10.1 Å². The van der Waals surface area contributed by atoms with Gasteiger partial charge in [0.2, 0.25) is 0 Å². The largest absolute Gasteiger partial charge is 0.309 e. The van der Waals surface area contributed by atoms with Crippen molar-refractivity contribution in [3.63, 3.8) is 0 Å². The third-order valence-electron chi connectivity index (χ3n) is 2.60. The molecule has 0 aromatic heterocycles. The molecule has 0 bridgehead atoms. The molecule has 90 valence electrons. The molecule has 0 fully saturated rings. The van der Waals surface area contributed by atoms with Crippen molar-refractivity contribution in [1.82, 2.24) is 5.32 Å². The normalized spacial score (nSPS) is 11.8. The molecule has 0 heterocycles. The van der Waals surface area contributed by atoms with E-state index in [0.717, 1.165) is 6.42 Å². The van der Waals surface area contributed by atoms with Gasteiger partial charge in [0.1, 0.15) is 0 Å². The molecule has 0 spiro atoms. The van der Waals surface area contributed by atoms with Gasteiger partial charge in [0.15, 0.2) is 0 Å². The number of nitrogens with zero attached hydrogens (tertiary/aromatic N) is 2. The highest BCUT2D eigenvalue weighted by molar-refractivity contribution is 5.39. The molecular formula is C12H15N3O2. The van der Waals surface area contributed by atoms with Crippen LogP contribution in [0.25, 0.3) is 0 Å². The molecule has 1 aromatic rings. The quantitative estimate of drug-likeness (QED) is 0.604. The van der Waals surface area contributed by atoms with Crippen molar-refractivity contribution in [3.8, 4) is 6.07 Å². The molecule has 1 unspecified atom stereocenters. The van der Waals surface area contributed by atoms with E-state index in [9.17, 15) is 10.1 Å². The lowest BCUT2D eigenvalue weighted by Crippen LogP contribution is -2.27. The molecule has 1 N–H and O–H groups in total. The van der Waals surface area contributed by atoms with Gasteiger partial charge in [-0.2, -0.15) is 5.26 Å². The highest BCUT2D eigenvalue weighted by Crippen LogP contribution is 2.17. The van der Waals surface area contributed by atoms with Crippen molar-refractivity contribution in [1.29, 1.82) is 5.26 Å². The Balaban J connectivity index is 2.69. The predicted molar refractivity (Wildman–Crippen MR) is 64.2 cm³/mol. The minimum atomic E-state index is -0.387. The Morgan fingerprint density at radius 1 is 1.53 bits per heavy atom. The van der Waals surface area contributed by atoms with E-state index < -0.39 is 0 Å². The summed E-state index contributed by atoms with van der Waals surface area (Å²) < 4.78 is 0. The summed E-state index contributed by atoms with van der Waals surface area (Å²) in [5.41, 5.74) is 0.765. The Bertz CT molecular complexity index is 426. The zero-order valence-corrected chi connectivity index (χ0v) is 9.72. The van der Waals surface area contributed by atoms with Crippen molar-refractivity contribution < 1.29 is 4.92 Å². The number of nitrogens with one attached hydrogen (secondary N) is 1. The van der Waals surface area contributed by atoms with Gasteiger partial charge in [0.25, 0.3) is 5.69 Å². The fourth-order valence-electron chi connectivity index (χ4n) is 1.56. The van der Waals surface area contributed by atoms with Gasteiger partial charge in [0.05, 0.1) is 17.4 Å². The molecule has 1 rings (SSSR count). The lowest BCUT2D eigenvalue weighted by molar-refractivity contribution is -0.385. The first-order chi connectivity index (χ1) is 8.19. The Morgan fingerprint density at radius 2 is 2.24 bits per heavy atom. The first-order valence-electron chi connectivity index (χ1n) is 5.51. The van der Waals surface area contributed by atoms with E-state index in [4.69, 9.17) is 5.26 Å². The number of nitriles is 1. The SMILES string of the molecule is CCC(CC#N)NCc1ccccc1[N+](=O)[O-]. The fourth-order valence-corrected chi connectivity index (χ4v) is 1.56. The maximum atomic E-state index is 10.8. The van der Waals surface area contributed by atoms with Gasteiger partial charge < -0.3 is 5.32 Å². The highest BCUT2D eigenvalue weighted by atomic mass is 16.6. The summed E-state index contributed by atoms with van der Waals surface area (Å²) in [5, 5.41) is 22.6. The summed E-state index contributed by atoms with van der Waals surface area (Å²) in [6.07, 6.45) is 1.24. The van der Waals surface area contributed by atoms with Crippen LogP contribution in [-0.2, 0) is 6.54 Å². The van der Waals surface area contributed by atoms with E-state index in [1.807, 2.05) is 6.92 Å². The monoisotopic (exact) mass is 233 g/mol. The molecule has 1 aromatic carbocycles. The smallest absolute Gasteiger partial charge is 0.273 e. The van der Waals surface area contributed by atoms with Crippen molar-refractivity contribution >= 4 is 5.69 Å². The second kappa shape index (κ2) is 6.61. The molecule has 0 radical (unpaired) electrons. The number of para-hydroxylation sites is 1. The molecule has 0 aliphatic heterocycles. The van der Waals surface area contributed by atoms with Crippen molar-refractivity contribution in [2.45, 2.75) is 32.4 Å². The number of nitro benzene ring substituents is 1. The summed E-state index contributed by atoms with van der Waals surface area (Å²) in [5.74, 6) is 0. The summed E-state index contributed by atoms with van der Waals surface area (Å²) in [4.78, 5) is 10.4. The molecule has 0 saturated carbocycles. The second-order valence-corrected chi connectivity index (χ2v) is 3.73. The predicted octanol–water partition coefficient (Wildman–Crippen LogP) is 2.38. The van der Waals surface area contributed by atoms with Gasteiger partial charge in [-0.15, -0.1) is 0 Å². The Kier molecular flexibility index (Phi) is 5.11. The lowest BCUT2D eigenvalue weighted by atomic mass is 10.1. The topological polar surface area (TPSA) is 79.0 Å². The molecule has 0 aliphatic carbocycles. The van der Waals surface area contributed by atoms with Crippen LogP contribution >= 0.6 is 0 Å². The maximum absolute atomic E-state index is 10.8. The number of hydrogen-bond donors (Lipinski definition) is 1. The van der Waals surface area contributed by atoms with Crippen LogP contribution in [-0.4, -0.2) is 11.0 Å². The van der Waals surface area contributed by atoms with Crippen LogP contribution in [0.5, 0.6) is 0 Å². The van der Waals surface area contributed by atoms with Gasteiger partial charge in [-0.25, -0.2) is 0 Å². The van der Waals surface area contributed by atoms with Crippen LogP contribution in [0.3, 0.4) is 0 Å². The Morgan fingerprint density at radius 3 is 2.82 bits per heavy atom. The van der Waals surface area contributed by atoms with E-state index in [2.05, 4.69) is 11.4 Å². The van der Waals surface area contributed by atoms with E-state index in [1.54, 1.807) is 18.2 Å².